The molecule has 0 aromatic heterocycles. The Balaban J connectivity index is 1.83. The van der Waals surface area contributed by atoms with Crippen LogP contribution >= 0.6 is 11.8 Å². The number of thioether (sulfide) groups is 1. The maximum absolute atomic E-state index is 3.82. The molecule has 2 heteroatoms. The van der Waals surface area contributed by atoms with E-state index in [1.807, 2.05) is 11.8 Å². The summed E-state index contributed by atoms with van der Waals surface area (Å²) >= 11 is 1.96. The van der Waals surface area contributed by atoms with E-state index in [0.717, 1.165) is 5.92 Å². The maximum atomic E-state index is 3.82. The molecule has 0 bridgehead atoms. The van der Waals surface area contributed by atoms with Gasteiger partial charge in [-0.3, -0.25) is 0 Å². The van der Waals surface area contributed by atoms with Crippen LogP contribution in [0, 0.1) is 0 Å². The number of hydrogen-bond acceptors (Lipinski definition) is 2. The lowest BCUT2D eigenvalue weighted by Gasteiger charge is -2.33. The summed E-state index contributed by atoms with van der Waals surface area (Å²) in [6.45, 7) is 1.19. The lowest BCUT2D eigenvalue weighted by atomic mass is 9.80. The van der Waals surface area contributed by atoms with Crippen LogP contribution in [-0.4, -0.2) is 24.6 Å². The molecule has 1 saturated carbocycles. The van der Waals surface area contributed by atoms with E-state index in [-0.39, 0.29) is 0 Å². The van der Waals surface area contributed by atoms with Crippen molar-refractivity contribution in [2.45, 2.75) is 50.5 Å². The first-order valence-corrected chi connectivity index (χ1v) is 9.08. The van der Waals surface area contributed by atoms with Gasteiger partial charge in [0, 0.05) is 6.04 Å². The molecule has 1 fully saturated rings. The third kappa shape index (κ3) is 4.85. The Kier molecular flexibility index (Phi) is 6.80. The molecule has 1 aromatic rings. The Hall–Kier alpha value is -0.470. The molecular formula is C17H27NS. The minimum atomic E-state index is 0.699. The molecule has 0 amide bonds. The molecule has 19 heavy (non-hydrogen) atoms. The average molecular weight is 277 g/mol. The van der Waals surface area contributed by atoms with Crippen molar-refractivity contribution in [1.82, 2.24) is 5.32 Å². The van der Waals surface area contributed by atoms with Gasteiger partial charge in [-0.2, -0.15) is 11.8 Å². The van der Waals surface area contributed by atoms with Crippen molar-refractivity contribution in [3.05, 3.63) is 35.9 Å². The molecule has 1 aliphatic rings. The Morgan fingerprint density at radius 2 is 1.89 bits per heavy atom. The van der Waals surface area contributed by atoms with Crippen molar-refractivity contribution >= 4 is 11.8 Å². The molecule has 0 aliphatic heterocycles. The van der Waals surface area contributed by atoms with E-state index in [4.69, 9.17) is 0 Å². The smallest absolute Gasteiger partial charge is 0.0136 e. The molecule has 0 radical (unpaired) electrons. The first-order chi connectivity index (χ1) is 9.42. The quantitative estimate of drug-likeness (QED) is 0.739. The topological polar surface area (TPSA) is 12.0 Å². The molecule has 2 atom stereocenters. The van der Waals surface area contributed by atoms with E-state index < -0.39 is 0 Å². The summed E-state index contributed by atoms with van der Waals surface area (Å²) in [4.78, 5) is 0. The van der Waals surface area contributed by atoms with Gasteiger partial charge >= 0.3 is 0 Å². The van der Waals surface area contributed by atoms with E-state index in [2.05, 4.69) is 41.9 Å². The van der Waals surface area contributed by atoms with E-state index in [1.165, 1.54) is 56.4 Å². The summed E-state index contributed by atoms with van der Waals surface area (Å²) < 4.78 is 0. The van der Waals surface area contributed by atoms with Crippen LogP contribution in [0.15, 0.2) is 30.3 Å². The Morgan fingerprint density at radius 3 is 2.68 bits per heavy atom. The summed E-state index contributed by atoms with van der Waals surface area (Å²) in [7, 11) is 0. The molecule has 1 aliphatic carbocycles. The molecule has 106 valence electrons. The zero-order valence-electron chi connectivity index (χ0n) is 12.1. The zero-order chi connectivity index (χ0) is 13.3. The van der Waals surface area contributed by atoms with Crippen LogP contribution in [0.1, 0.15) is 50.0 Å². The van der Waals surface area contributed by atoms with Crippen LogP contribution in [0.4, 0.5) is 0 Å². The molecule has 1 N–H and O–H groups in total. The highest BCUT2D eigenvalue weighted by molar-refractivity contribution is 7.98. The second-order valence-electron chi connectivity index (χ2n) is 5.56. The molecule has 2 unspecified atom stereocenters. The van der Waals surface area contributed by atoms with Crippen LogP contribution in [0.2, 0.25) is 0 Å². The van der Waals surface area contributed by atoms with Crippen molar-refractivity contribution in [1.29, 1.82) is 0 Å². The van der Waals surface area contributed by atoms with Crippen LogP contribution < -0.4 is 5.32 Å². The molecular weight excluding hydrogens is 250 g/mol. The van der Waals surface area contributed by atoms with Gasteiger partial charge in [-0.05, 0) is 55.7 Å². The fourth-order valence-corrected chi connectivity index (χ4v) is 3.63. The normalized spacial score (nSPS) is 23.4. The lowest BCUT2D eigenvalue weighted by Crippen LogP contribution is -2.37. The summed E-state index contributed by atoms with van der Waals surface area (Å²) in [5.74, 6) is 2.03. The fourth-order valence-electron chi connectivity index (χ4n) is 3.13. The highest BCUT2D eigenvalue weighted by atomic mass is 32.2. The summed E-state index contributed by atoms with van der Waals surface area (Å²) in [6.07, 6.45) is 10.3. The van der Waals surface area contributed by atoms with Crippen LogP contribution in [0.5, 0.6) is 0 Å². The fraction of sp³-hybridized carbons (Fsp3) is 0.647. The molecule has 2 rings (SSSR count). The summed E-state index contributed by atoms with van der Waals surface area (Å²) in [6, 6.07) is 11.8. The van der Waals surface area contributed by atoms with E-state index in [9.17, 15) is 0 Å². The van der Waals surface area contributed by atoms with Gasteiger partial charge in [0.05, 0.1) is 0 Å². The van der Waals surface area contributed by atoms with Gasteiger partial charge in [0.15, 0.2) is 0 Å². The Morgan fingerprint density at radius 1 is 1.11 bits per heavy atom. The monoisotopic (exact) mass is 277 g/mol. The maximum Gasteiger partial charge on any atom is 0.0136 e. The number of rotatable bonds is 7. The van der Waals surface area contributed by atoms with Crippen LogP contribution in [0.3, 0.4) is 0 Å². The predicted molar refractivity (Wildman–Crippen MR) is 87.1 cm³/mol. The highest BCUT2D eigenvalue weighted by Gasteiger charge is 2.25. The van der Waals surface area contributed by atoms with Crippen molar-refractivity contribution in [2.75, 3.05) is 18.6 Å². The Bertz CT molecular complexity index is 338. The summed E-state index contributed by atoms with van der Waals surface area (Å²) in [5.41, 5.74) is 1.53. The van der Waals surface area contributed by atoms with Crippen molar-refractivity contribution in [2.24, 2.45) is 0 Å². The van der Waals surface area contributed by atoms with Crippen molar-refractivity contribution in [3.63, 3.8) is 0 Å². The number of benzene rings is 1. The lowest BCUT2D eigenvalue weighted by molar-refractivity contribution is 0.326. The standard InChI is InChI=1S/C17H27NS/c1-19-14-8-7-13-18-17-12-6-5-11-16(17)15-9-3-2-4-10-15/h2-4,9-10,16-18H,5-8,11-14H2,1H3. The van der Waals surface area contributed by atoms with Gasteiger partial charge < -0.3 is 5.32 Å². The van der Waals surface area contributed by atoms with Gasteiger partial charge in [-0.25, -0.2) is 0 Å². The average Bonchev–Trinajstić information content (AvgIpc) is 2.48. The second kappa shape index (κ2) is 8.65. The third-order valence-corrected chi connectivity index (χ3v) is 4.87. The second-order valence-corrected chi connectivity index (χ2v) is 6.55. The Labute approximate surface area is 122 Å². The minimum Gasteiger partial charge on any atom is -0.313 e. The number of nitrogens with one attached hydrogen (secondary N) is 1. The largest absolute Gasteiger partial charge is 0.313 e. The highest BCUT2D eigenvalue weighted by Crippen LogP contribution is 2.32. The van der Waals surface area contributed by atoms with Gasteiger partial charge in [0.2, 0.25) is 0 Å². The van der Waals surface area contributed by atoms with Gasteiger partial charge in [-0.15, -0.1) is 0 Å². The van der Waals surface area contributed by atoms with Gasteiger partial charge in [-0.1, -0.05) is 43.2 Å². The first kappa shape index (κ1) is 14.9. The molecule has 0 heterocycles. The first-order valence-electron chi connectivity index (χ1n) is 7.69. The minimum absolute atomic E-state index is 0.699. The van der Waals surface area contributed by atoms with Crippen molar-refractivity contribution < 1.29 is 0 Å². The molecule has 1 aromatic carbocycles. The van der Waals surface area contributed by atoms with E-state index in [0.29, 0.717) is 6.04 Å². The number of hydrogen-bond donors (Lipinski definition) is 1. The van der Waals surface area contributed by atoms with Crippen LogP contribution in [0.25, 0.3) is 0 Å². The van der Waals surface area contributed by atoms with Gasteiger partial charge in [0.25, 0.3) is 0 Å². The van der Waals surface area contributed by atoms with Crippen molar-refractivity contribution in [3.8, 4) is 0 Å². The van der Waals surface area contributed by atoms with E-state index in [1.54, 1.807) is 0 Å². The predicted octanol–water partition coefficient (Wildman–Crippen LogP) is 4.45. The van der Waals surface area contributed by atoms with E-state index >= 15 is 0 Å². The molecule has 0 spiro atoms. The zero-order valence-corrected chi connectivity index (χ0v) is 12.9. The van der Waals surface area contributed by atoms with Gasteiger partial charge in [0.1, 0.15) is 0 Å². The summed E-state index contributed by atoms with van der Waals surface area (Å²) in [5, 5.41) is 3.82. The third-order valence-electron chi connectivity index (χ3n) is 4.18. The molecule has 1 nitrogen and oxygen atoms in total. The molecule has 0 saturated heterocycles. The SMILES string of the molecule is CSCCCCNC1CCCCC1c1ccccc1. The van der Waals surface area contributed by atoms with Crippen LogP contribution in [-0.2, 0) is 0 Å². The number of unbranched alkanes of at least 4 members (excludes halogenated alkanes) is 1.